The number of pyridine rings is 1. The van der Waals surface area contributed by atoms with E-state index in [1.165, 1.54) is 12.1 Å². The van der Waals surface area contributed by atoms with Gasteiger partial charge in [-0.2, -0.15) is 0 Å². The van der Waals surface area contributed by atoms with Crippen LogP contribution in [0.15, 0.2) is 36.5 Å². The third kappa shape index (κ3) is 3.78. The largest absolute Gasteiger partial charge is 0.368 e. The first kappa shape index (κ1) is 17.5. The summed E-state index contributed by atoms with van der Waals surface area (Å²) in [5.74, 6) is 0.0292. The van der Waals surface area contributed by atoms with Gasteiger partial charge in [-0.3, -0.25) is 4.79 Å². The van der Waals surface area contributed by atoms with Crippen molar-refractivity contribution >= 4 is 28.3 Å². The summed E-state index contributed by atoms with van der Waals surface area (Å²) in [5, 5.41) is 6.89. The van der Waals surface area contributed by atoms with Crippen LogP contribution < -0.4 is 15.5 Å². The molecule has 3 aromatic rings. The van der Waals surface area contributed by atoms with E-state index >= 15 is 0 Å². The van der Waals surface area contributed by atoms with Crippen molar-refractivity contribution in [3.05, 3.63) is 53.6 Å². The zero-order chi connectivity index (χ0) is 18.8. The summed E-state index contributed by atoms with van der Waals surface area (Å²) in [6.07, 6.45) is 1.95. The summed E-state index contributed by atoms with van der Waals surface area (Å²) >= 11 is 0. The van der Waals surface area contributed by atoms with Crippen LogP contribution in [0.4, 0.5) is 15.9 Å². The topological polar surface area (TPSA) is 73.1 Å². The number of hydrogen-bond acceptors (Lipinski definition) is 4. The molecule has 2 aromatic heterocycles. The van der Waals surface area contributed by atoms with Gasteiger partial charge in [-0.15, -0.1) is 0 Å². The highest BCUT2D eigenvalue weighted by Gasteiger charge is 2.15. The molecule has 0 atom stereocenters. The van der Waals surface area contributed by atoms with E-state index in [9.17, 15) is 9.18 Å². The monoisotopic (exact) mass is 367 g/mol. The number of nitrogens with zero attached hydrogens (tertiary/aromatic N) is 2. The molecule has 1 fully saturated rings. The minimum absolute atomic E-state index is 0.163. The van der Waals surface area contributed by atoms with Gasteiger partial charge in [0.2, 0.25) is 5.91 Å². The average molecular weight is 367 g/mol. The normalized spacial score (nSPS) is 14.5. The number of benzene rings is 1. The fourth-order valence-corrected chi connectivity index (χ4v) is 3.50. The standard InChI is InChI=1S/C20H22FN5O/c1-13-16(17-10-14(21)2-4-18(17)24-13)11-20(27)25-19-5-3-15(12-23-19)26-8-6-22-7-9-26/h2-5,10,12,22,24H,6-9,11H2,1H3,(H,23,25,27). The number of rotatable bonds is 4. The maximum absolute atomic E-state index is 13.6. The van der Waals surface area contributed by atoms with Gasteiger partial charge in [-0.05, 0) is 42.8 Å². The Kier molecular flexibility index (Phi) is 4.77. The second kappa shape index (κ2) is 7.36. The Hall–Kier alpha value is -2.93. The molecule has 0 aliphatic carbocycles. The summed E-state index contributed by atoms with van der Waals surface area (Å²) in [6.45, 7) is 5.71. The molecule has 0 saturated carbocycles. The Labute approximate surface area is 156 Å². The minimum Gasteiger partial charge on any atom is -0.368 e. The Morgan fingerprint density at radius 3 is 2.81 bits per heavy atom. The molecule has 3 N–H and O–H groups in total. The number of carbonyl (C=O) groups excluding carboxylic acids is 1. The number of aromatic nitrogens is 2. The Bertz CT molecular complexity index is 960. The van der Waals surface area contributed by atoms with E-state index in [4.69, 9.17) is 0 Å². The number of aryl methyl sites for hydroxylation is 1. The van der Waals surface area contributed by atoms with Crippen molar-refractivity contribution in [3.63, 3.8) is 0 Å². The molecule has 1 aromatic carbocycles. The summed E-state index contributed by atoms with van der Waals surface area (Å²) in [5.41, 5.74) is 3.56. The molecule has 140 valence electrons. The fourth-order valence-electron chi connectivity index (χ4n) is 3.50. The molecule has 7 heteroatoms. The van der Waals surface area contributed by atoms with Gasteiger partial charge in [0.1, 0.15) is 11.6 Å². The second-order valence-corrected chi connectivity index (χ2v) is 6.78. The number of hydrogen-bond donors (Lipinski definition) is 3. The first-order chi connectivity index (χ1) is 13.1. The van der Waals surface area contributed by atoms with Crippen molar-refractivity contribution in [2.45, 2.75) is 13.3 Å². The number of anilines is 2. The van der Waals surface area contributed by atoms with Gasteiger partial charge >= 0.3 is 0 Å². The van der Waals surface area contributed by atoms with Gasteiger partial charge in [-0.1, -0.05) is 0 Å². The third-order valence-corrected chi connectivity index (χ3v) is 4.92. The lowest BCUT2D eigenvalue weighted by molar-refractivity contribution is -0.115. The van der Waals surface area contributed by atoms with Gasteiger partial charge in [0.05, 0.1) is 18.3 Å². The van der Waals surface area contributed by atoms with E-state index in [-0.39, 0.29) is 18.1 Å². The summed E-state index contributed by atoms with van der Waals surface area (Å²) in [6, 6.07) is 8.35. The van der Waals surface area contributed by atoms with E-state index in [1.807, 2.05) is 19.1 Å². The molecule has 0 radical (unpaired) electrons. The predicted molar refractivity (Wildman–Crippen MR) is 105 cm³/mol. The Morgan fingerprint density at radius 2 is 2.07 bits per heavy atom. The molecule has 1 amide bonds. The molecule has 0 unspecified atom stereocenters. The summed E-state index contributed by atoms with van der Waals surface area (Å²) in [4.78, 5) is 22.3. The van der Waals surface area contributed by atoms with E-state index < -0.39 is 0 Å². The van der Waals surface area contributed by atoms with Crippen LogP contribution >= 0.6 is 0 Å². The van der Waals surface area contributed by atoms with E-state index in [0.717, 1.165) is 54.0 Å². The maximum Gasteiger partial charge on any atom is 0.230 e. The fraction of sp³-hybridized carbons (Fsp3) is 0.300. The van der Waals surface area contributed by atoms with E-state index in [1.54, 1.807) is 12.3 Å². The van der Waals surface area contributed by atoms with Crippen LogP contribution in [0.5, 0.6) is 0 Å². The first-order valence-electron chi connectivity index (χ1n) is 9.08. The molecular formula is C20H22FN5O. The van der Waals surface area contributed by atoms with Crippen molar-refractivity contribution in [2.24, 2.45) is 0 Å². The van der Waals surface area contributed by atoms with Crippen molar-refractivity contribution in [1.29, 1.82) is 0 Å². The van der Waals surface area contributed by atoms with E-state index in [2.05, 4.69) is 25.5 Å². The molecule has 0 bridgehead atoms. The molecule has 0 spiro atoms. The van der Waals surface area contributed by atoms with Crippen LogP contribution in [0.3, 0.4) is 0 Å². The van der Waals surface area contributed by atoms with Gasteiger partial charge in [0, 0.05) is 42.8 Å². The summed E-state index contributed by atoms with van der Waals surface area (Å²) in [7, 11) is 0. The molecule has 27 heavy (non-hydrogen) atoms. The van der Waals surface area contributed by atoms with Gasteiger partial charge < -0.3 is 20.5 Å². The van der Waals surface area contributed by atoms with Crippen LogP contribution in [0, 0.1) is 12.7 Å². The zero-order valence-electron chi connectivity index (χ0n) is 15.2. The predicted octanol–water partition coefficient (Wildman–Crippen LogP) is 2.60. The molecule has 4 rings (SSSR count). The minimum atomic E-state index is -0.312. The SMILES string of the molecule is Cc1[nH]c2ccc(F)cc2c1CC(=O)Nc1ccc(N2CCNCC2)cn1. The van der Waals surface area contributed by atoms with Crippen LogP contribution in [0.1, 0.15) is 11.3 Å². The van der Waals surface area contributed by atoms with Crippen molar-refractivity contribution in [3.8, 4) is 0 Å². The maximum atomic E-state index is 13.6. The molecule has 3 heterocycles. The van der Waals surface area contributed by atoms with Crippen molar-refractivity contribution < 1.29 is 9.18 Å². The van der Waals surface area contributed by atoms with E-state index in [0.29, 0.717) is 5.82 Å². The van der Waals surface area contributed by atoms with Crippen molar-refractivity contribution in [1.82, 2.24) is 15.3 Å². The Morgan fingerprint density at radius 1 is 1.26 bits per heavy atom. The highest BCUT2D eigenvalue weighted by molar-refractivity contribution is 5.96. The Balaban J connectivity index is 1.45. The second-order valence-electron chi connectivity index (χ2n) is 6.78. The lowest BCUT2D eigenvalue weighted by Crippen LogP contribution is -2.43. The molecule has 1 saturated heterocycles. The number of H-pyrrole nitrogens is 1. The average Bonchev–Trinajstić information content (AvgIpc) is 2.98. The number of halogens is 1. The quantitative estimate of drug-likeness (QED) is 0.663. The highest BCUT2D eigenvalue weighted by atomic mass is 19.1. The van der Waals surface area contributed by atoms with Gasteiger partial charge in [-0.25, -0.2) is 9.37 Å². The number of aromatic amines is 1. The first-order valence-corrected chi connectivity index (χ1v) is 9.08. The van der Waals surface area contributed by atoms with Gasteiger partial charge in [0.15, 0.2) is 0 Å². The number of carbonyl (C=O) groups is 1. The van der Waals surface area contributed by atoms with Crippen molar-refractivity contribution in [2.75, 3.05) is 36.4 Å². The number of nitrogens with one attached hydrogen (secondary N) is 3. The molecule has 1 aliphatic rings. The highest BCUT2D eigenvalue weighted by Crippen LogP contribution is 2.24. The smallest absolute Gasteiger partial charge is 0.230 e. The third-order valence-electron chi connectivity index (χ3n) is 4.92. The molecule has 6 nitrogen and oxygen atoms in total. The summed E-state index contributed by atoms with van der Waals surface area (Å²) < 4.78 is 13.6. The van der Waals surface area contributed by atoms with Crippen LogP contribution in [0.2, 0.25) is 0 Å². The number of piperazine rings is 1. The number of amides is 1. The lowest BCUT2D eigenvalue weighted by Gasteiger charge is -2.29. The van der Waals surface area contributed by atoms with Crippen LogP contribution in [-0.2, 0) is 11.2 Å². The van der Waals surface area contributed by atoms with Gasteiger partial charge in [0.25, 0.3) is 0 Å². The zero-order valence-corrected chi connectivity index (χ0v) is 15.2. The molecular weight excluding hydrogens is 345 g/mol. The number of fused-ring (bicyclic) bond motifs is 1. The van der Waals surface area contributed by atoms with Crippen LogP contribution in [-0.4, -0.2) is 42.1 Å². The lowest BCUT2D eigenvalue weighted by atomic mass is 10.1. The van der Waals surface area contributed by atoms with Crippen LogP contribution in [0.25, 0.3) is 10.9 Å². The molecule has 1 aliphatic heterocycles.